The number of carboxylic acids is 1. The van der Waals surface area contributed by atoms with Gasteiger partial charge in [0.25, 0.3) is 0 Å². The van der Waals surface area contributed by atoms with Gasteiger partial charge < -0.3 is 9.84 Å². The molecule has 0 fully saturated rings. The fourth-order valence-corrected chi connectivity index (χ4v) is 1.34. The van der Waals surface area contributed by atoms with Gasteiger partial charge in [0.15, 0.2) is 0 Å². The molecule has 0 spiro atoms. The van der Waals surface area contributed by atoms with Crippen LogP contribution in [0.2, 0.25) is 0 Å². The normalized spacial score (nSPS) is 10.1. The summed E-state index contributed by atoms with van der Waals surface area (Å²) in [5.74, 6) is -0.766. The van der Waals surface area contributed by atoms with Gasteiger partial charge in [0.2, 0.25) is 0 Å². The Morgan fingerprint density at radius 3 is 2.57 bits per heavy atom. The predicted octanol–water partition coefficient (Wildman–Crippen LogP) is 1.85. The lowest BCUT2D eigenvalue weighted by Gasteiger charge is -2.06. The first-order chi connectivity index (χ1) is 6.74. The van der Waals surface area contributed by atoms with Gasteiger partial charge in [0.1, 0.15) is 0 Å². The van der Waals surface area contributed by atoms with Crippen molar-refractivity contribution < 1.29 is 14.6 Å². The molecule has 3 nitrogen and oxygen atoms in total. The molecule has 0 atom stereocenters. The molecule has 1 aromatic rings. The summed E-state index contributed by atoms with van der Waals surface area (Å²) in [6.07, 6.45) is 0.732. The number of rotatable bonds is 5. The third kappa shape index (κ3) is 3.18. The average Bonchev–Trinajstić information content (AvgIpc) is 2.17. The van der Waals surface area contributed by atoms with Crippen LogP contribution in [0.3, 0.4) is 0 Å². The molecular formula is C11H14O3. The molecule has 0 aliphatic heterocycles. The van der Waals surface area contributed by atoms with Crippen LogP contribution < -0.4 is 0 Å². The zero-order valence-electron chi connectivity index (χ0n) is 8.19. The highest BCUT2D eigenvalue weighted by Crippen LogP contribution is 2.11. The zero-order valence-corrected chi connectivity index (χ0v) is 8.19. The summed E-state index contributed by atoms with van der Waals surface area (Å²) >= 11 is 0. The van der Waals surface area contributed by atoms with Gasteiger partial charge in [0, 0.05) is 13.5 Å². The Morgan fingerprint density at radius 1 is 1.36 bits per heavy atom. The highest BCUT2D eigenvalue weighted by Gasteiger charge is 2.03. The van der Waals surface area contributed by atoms with Gasteiger partial charge in [-0.25, -0.2) is 0 Å². The van der Waals surface area contributed by atoms with E-state index in [-0.39, 0.29) is 6.42 Å². The maximum absolute atomic E-state index is 10.4. The summed E-state index contributed by atoms with van der Waals surface area (Å²) < 4.78 is 5.03. The molecule has 1 N–H and O–H groups in total. The summed E-state index contributed by atoms with van der Waals surface area (Å²) in [6.45, 7) is 0.537. The number of aryl methyl sites for hydroxylation is 1. The average molecular weight is 194 g/mol. The molecule has 0 bridgehead atoms. The minimum atomic E-state index is -0.766. The van der Waals surface area contributed by atoms with Crippen molar-refractivity contribution in [1.82, 2.24) is 0 Å². The Balaban J connectivity index is 2.68. The molecule has 14 heavy (non-hydrogen) atoms. The number of carboxylic acid groups (broad SMARTS) is 1. The van der Waals surface area contributed by atoms with E-state index >= 15 is 0 Å². The lowest BCUT2D eigenvalue weighted by molar-refractivity contribution is -0.136. The summed E-state index contributed by atoms with van der Waals surface area (Å²) in [5.41, 5.74) is 2.12. The molecule has 76 valence electrons. The molecule has 0 aliphatic rings. The van der Waals surface area contributed by atoms with E-state index in [0.717, 1.165) is 11.1 Å². The fourth-order valence-electron chi connectivity index (χ4n) is 1.34. The van der Waals surface area contributed by atoms with Gasteiger partial charge in [-0.2, -0.15) is 0 Å². The molecule has 0 saturated heterocycles. The van der Waals surface area contributed by atoms with E-state index in [2.05, 4.69) is 0 Å². The molecule has 0 unspecified atom stereocenters. The first-order valence-corrected chi connectivity index (χ1v) is 4.51. The highest BCUT2D eigenvalue weighted by molar-refractivity contribution is 5.67. The molecule has 1 aromatic carbocycles. The predicted molar refractivity (Wildman–Crippen MR) is 53.1 cm³/mol. The van der Waals surface area contributed by atoms with Crippen LogP contribution >= 0.6 is 0 Å². The second kappa shape index (κ2) is 5.40. The largest absolute Gasteiger partial charge is 0.481 e. The van der Waals surface area contributed by atoms with Crippen molar-refractivity contribution in [2.24, 2.45) is 0 Å². The SMILES string of the molecule is COCc1ccccc1CCC(=O)O. The molecule has 0 radical (unpaired) electrons. The van der Waals surface area contributed by atoms with Gasteiger partial charge in [-0.3, -0.25) is 4.79 Å². The summed E-state index contributed by atoms with van der Waals surface area (Å²) in [4.78, 5) is 10.4. The van der Waals surface area contributed by atoms with Gasteiger partial charge >= 0.3 is 5.97 Å². The molecular weight excluding hydrogens is 180 g/mol. The third-order valence-electron chi connectivity index (χ3n) is 2.03. The maximum Gasteiger partial charge on any atom is 0.303 e. The third-order valence-corrected chi connectivity index (χ3v) is 2.03. The maximum atomic E-state index is 10.4. The van der Waals surface area contributed by atoms with Gasteiger partial charge in [-0.15, -0.1) is 0 Å². The van der Waals surface area contributed by atoms with Gasteiger partial charge in [-0.05, 0) is 17.5 Å². The standard InChI is InChI=1S/C11H14O3/c1-14-8-10-5-3-2-4-9(10)6-7-11(12)13/h2-5H,6-8H2,1H3,(H,12,13). The fraction of sp³-hybridized carbons (Fsp3) is 0.364. The molecule has 3 heteroatoms. The molecule has 0 aliphatic carbocycles. The van der Waals surface area contributed by atoms with E-state index in [1.807, 2.05) is 24.3 Å². The lowest BCUT2D eigenvalue weighted by atomic mass is 10.0. The molecule has 1 rings (SSSR count). The second-order valence-corrected chi connectivity index (χ2v) is 3.10. The highest BCUT2D eigenvalue weighted by atomic mass is 16.5. The van der Waals surface area contributed by atoms with Crippen molar-refractivity contribution in [3.05, 3.63) is 35.4 Å². The minimum absolute atomic E-state index is 0.167. The Hall–Kier alpha value is -1.35. The Bertz CT molecular complexity index is 307. The molecule has 0 saturated carbocycles. The summed E-state index contributed by atoms with van der Waals surface area (Å²) in [5, 5.41) is 8.56. The number of ether oxygens (including phenoxy) is 1. The van der Waals surface area contributed by atoms with Crippen molar-refractivity contribution in [2.75, 3.05) is 7.11 Å². The minimum Gasteiger partial charge on any atom is -0.481 e. The van der Waals surface area contributed by atoms with Gasteiger partial charge in [-0.1, -0.05) is 24.3 Å². The summed E-state index contributed by atoms with van der Waals surface area (Å²) in [6, 6.07) is 7.74. The van der Waals surface area contributed by atoms with E-state index in [1.54, 1.807) is 7.11 Å². The molecule has 0 amide bonds. The Morgan fingerprint density at radius 2 is 2.00 bits per heavy atom. The number of hydrogen-bond acceptors (Lipinski definition) is 2. The van der Waals surface area contributed by atoms with Crippen LogP contribution in [-0.4, -0.2) is 18.2 Å². The topological polar surface area (TPSA) is 46.5 Å². The molecule has 0 heterocycles. The van der Waals surface area contributed by atoms with Crippen molar-refractivity contribution in [2.45, 2.75) is 19.4 Å². The van der Waals surface area contributed by atoms with E-state index in [0.29, 0.717) is 13.0 Å². The smallest absolute Gasteiger partial charge is 0.303 e. The molecule has 0 aromatic heterocycles. The van der Waals surface area contributed by atoms with Crippen molar-refractivity contribution in [3.63, 3.8) is 0 Å². The van der Waals surface area contributed by atoms with Crippen LogP contribution in [0.15, 0.2) is 24.3 Å². The summed E-state index contributed by atoms with van der Waals surface area (Å²) in [7, 11) is 1.63. The number of benzene rings is 1. The Kier molecular flexibility index (Phi) is 4.13. The van der Waals surface area contributed by atoms with Crippen LogP contribution in [0.5, 0.6) is 0 Å². The van der Waals surface area contributed by atoms with E-state index < -0.39 is 5.97 Å². The number of aliphatic carboxylic acids is 1. The number of carbonyl (C=O) groups is 1. The number of methoxy groups -OCH3 is 1. The van der Waals surface area contributed by atoms with E-state index in [4.69, 9.17) is 9.84 Å². The van der Waals surface area contributed by atoms with Crippen LogP contribution in [0.25, 0.3) is 0 Å². The van der Waals surface area contributed by atoms with Crippen LogP contribution in [0.1, 0.15) is 17.5 Å². The zero-order chi connectivity index (χ0) is 10.4. The van der Waals surface area contributed by atoms with Crippen LogP contribution in [0.4, 0.5) is 0 Å². The Labute approximate surface area is 83.3 Å². The van der Waals surface area contributed by atoms with Crippen molar-refractivity contribution in [3.8, 4) is 0 Å². The van der Waals surface area contributed by atoms with E-state index in [9.17, 15) is 4.79 Å². The van der Waals surface area contributed by atoms with Gasteiger partial charge in [0.05, 0.1) is 6.61 Å². The van der Waals surface area contributed by atoms with Crippen molar-refractivity contribution in [1.29, 1.82) is 0 Å². The lowest BCUT2D eigenvalue weighted by Crippen LogP contribution is -2.01. The van der Waals surface area contributed by atoms with Crippen molar-refractivity contribution >= 4 is 5.97 Å². The van der Waals surface area contributed by atoms with E-state index in [1.165, 1.54) is 0 Å². The quantitative estimate of drug-likeness (QED) is 0.778. The number of hydrogen-bond donors (Lipinski definition) is 1. The first kappa shape index (κ1) is 10.7. The first-order valence-electron chi connectivity index (χ1n) is 4.51. The second-order valence-electron chi connectivity index (χ2n) is 3.10. The monoisotopic (exact) mass is 194 g/mol. The van der Waals surface area contributed by atoms with Crippen LogP contribution in [-0.2, 0) is 22.6 Å². The van der Waals surface area contributed by atoms with Crippen LogP contribution in [0, 0.1) is 0 Å².